The second-order valence-electron chi connectivity index (χ2n) is 5.83. The lowest BCUT2D eigenvalue weighted by atomic mass is 10.1. The Bertz CT molecular complexity index is 670. The van der Waals surface area contributed by atoms with Crippen LogP contribution in [0.4, 0.5) is 5.69 Å². The van der Waals surface area contributed by atoms with Crippen LogP contribution in [0.2, 0.25) is 0 Å². The van der Waals surface area contributed by atoms with E-state index in [1.54, 1.807) is 0 Å². The highest BCUT2D eigenvalue weighted by Gasteiger charge is 1.95. The van der Waals surface area contributed by atoms with Crippen molar-refractivity contribution in [3.05, 3.63) is 83.6 Å². The normalized spacial score (nSPS) is 12.1. The maximum Gasteiger partial charge on any atom is 0.0539 e. The first-order valence-electron chi connectivity index (χ1n) is 8.40. The molecule has 2 rings (SSSR count). The summed E-state index contributed by atoms with van der Waals surface area (Å²) in [7, 11) is 0. The lowest BCUT2D eigenvalue weighted by Gasteiger charge is -2.08. The number of anilines is 1. The van der Waals surface area contributed by atoms with Crippen LogP contribution >= 0.6 is 0 Å². The highest BCUT2D eigenvalue weighted by atomic mass is 15.3. The summed E-state index contributed by atoms with van der Waals surface area (Å²) >= 11 is 0. The standard InChI is InChI=1S/C21H27N3/c1-4-22-16-19-10-12-21(13-11-19)24-23-15-17(2)14-18(3)20-8-6-5-7-9-20/h5-15,22-24H,4,16H2,1-3H3/b17-15-,18-14+. The van der Waals surface area contributed by atoms with E-state index in [9.17, 15) is 0 Å². The molecular formula is C21H27N3. The van der Waals surface area contributed by atoms with Gasteiger partial charge in [-0.25, -0.2) is 0 Å². The molecule has 0 amide bonds. The smallest absolute Gasteiger partial charge is 0.0539 e. The van der Waals surface area contributed by atoms with Crippen molar-refractivity contribution < 1.29 is 0 Å². The van der Waals surface area contributed by atoms with Gasteiger partial charge in [0.1, 0.15) is 0 Å². The summed E-state index contributed by atoms with van der Waals surface area (Å²) in [5.74, 6) is 0. The lowest BCUT2D eigenvalue weighted by molar-refractivity contribution is 0.727. The summed E-state index contributed by atoms with van der Waals surface area (Å²) in [6.07, 6.45) is 4.14. The first-order valence-corrected chi connectivity index (χ1v) is 8.40. The number of nitrogens with one attached hydrogen (secondary N) is 3. The van der Waals surface area contributed by atoms with Gasteiger partial charge in [0.2, 0.25) is 0 Å². The van der Waals surface area contributed by atoms with Gasteiger partial charge in [0.15, 0.2) is 0 Å². The number of rotatable bonds is 8. The Morgan fingerprint density at radius 1 is 0.958 bits per heavy atom. The fraction of sp³-hybridized carbons (Fsp3) is 0.238. The minimum Gasteiger partial charge on any atom is -0.313 e. The van der Waals surface area contributed by atoms with Crippen LogP contribution in [0.3, 0.4) is 0 Å². The molecule has 2 aromatic rings. The molecule has 0 aromatic heterocycles. The highest BCUT2D eigenvalue weighted by molar-refractivity contribution is 5.66. The van der Waals surface area contributed by atoms with Crippen molar-refractivity contribution >= 4 is 11.3 Å². The Labute approximate surface area is 145 Å². The third-order valence-corrected chi connectivity index (χ3v) is 3.72. The van der Waals surface area contributed by atoms with Crippen LogP contribution in [0, 0.1) is 0 Å². The third kappa shape index (κ3) is 5.94. The molecule has 0 fully saturated rings. The van der Waals surface area contributed by atoms with Crippen molar-refractivity contribution in [3.8, 4) is 0 Å². The molecule has 3 N–H and O–H groups in total. The number of hydrogen-bond donors (Lipinski definition) is 3. The van der Waals surface area contributed by atoms with E-state index in [1.807, 2.05) is 12.3 Å². The zero-order valence-corrected chi connectivity index (χ0v) is 14.8. The number of hydrogen-bond acceptors (Lipinski definition) is 3. The van der Waals surface area contributed by atoms with Crippen LogP contribution in [0.25, 0.3) is 5.57 Å². The fourth-order valence-electron chi connectivity index (χ4n) is 2.38. The van der Waals surface area contributed by atoms with Crippen LogP contribution in [-0.4, -0.2) is 6.54 Å². The van der Waals surface area contributed by atoms with Crippen molar-refractivity contribution in [1.82, 2.24) is 10.7 Å². The topological polar surface area (TPSA) is 36.1 Å². The van der Waals surface area contributed by atoms with Crippen LogP contribution < -0.4 is 16.2 Å². The summed E-state index contributed by atoms with van der Waals surface area (Å²) in [5, 5.41) is 3.32. The highest BCUT2D eigenvalue weighted by Crippen LogP contribution is 2.15. The summed E-state index contributed by atoms with van der Waals surface area (Å²) in [6.45, 7) is 8.22. The lowest BCUT2D eigenvalue weighted by Crippen LogP contribution is -2.15. The van der Waals surface area contributed by atoms with E-state index >= 15 is 0 Å². The largest absolute Gasteiger partial charge is 0.313 e. The molecule has 126 valence electrons. The Morgan fingerprint density at radius 2 is 1.67 bits per heavy atom. The molecule has 3 heteroatoms. The summed E-state index contributed by atoms with van der Waals surface area (Å²) in [6, 6.07) is 18.8. The van der Waals surface area contributed by atoms with E-state index in [4.69, 9.17) is 0 Å². The Balaban J connectivity index is 1.86. The van der Waals surface area contributed by atoms with Crippen molar-refractivity contribution in [3.63, 3.8) is 0 Å². The average molecular weight is 321 g/mol. The molecule has 0 aliphatic rings. The quantitative estimate of drug-likeness (QED) is 0.486. The molecule has 0 spiro atoms. The van der Waals surface area contributed by atoms with Gasteiger partial charge in [-0.15, -0.1) is 0 Å². The van der Waals surface area contributed by atoms with Gasteiger partial charge in [0.25, 0.3) is 0 Å². The predicted octanol–water partition coefficient (Wildman–Crippen LogP) is 4.72. The molecule has 0 unspecified atom stereocenters. The fourth-order valence-corrected chi connectivity index (χ4v) is 2.38. The van der Waals surface area contributed by atoms with Gasteiger partial charge in [-0.3, -0.25) is 0 Å². The number of hydrazine groups is 1. The summed E-state index contributed by atoms with van der Waals surface area (Å²) < 4.78 is 0. The van der Waals surface area contributed by atoms with Crippen molar-refractivity contribution in [2.45, 2.75) is 27.3 Å². The molecule has 2 aromatic carbocycles. The monoisotopic (exact) mass is 321 g/mol. The van der Waals surface area contributed by atoms with Gasteiger partial charge in [0.05, 0.1) is 5.69 Å². The number of allylic oxidation sites excluding steroid dienone is 3. The Hall–Kier alpha value is -2.52. The van der Waals surface area contributed by atoms with Gasteiger partial charge in [-0.2, -0.15) is 0 Å². The van der Waals surface area contributed by atoms with Gasteiger partial charge in [0, 0.05) is 12.7 Å². The average Bonchev–Trinajstić information content (AvgIpc) is 2.61. The van der Waals surface area contributed by atoms with E-state index in [2.05, 4.69) is 91.5 Å². The van der Waals surface area contributed by atoms with Crippen molar-refractivity contribution in [2.24, 2.45) is 0 Å². The van der Waals surface area contributed by atoms with Gasteiger partial charge in [-0.05, 0) is 54.8 Å². The number of benzene rings is 2. The van der Waals surface area contributed by atoms with E-state index in [1.165, 1.54) is 16.7 Å². The molecule has 0 aliphatic carbocycles. The SMILES string of the molecule is CCNCc1ccc(NN/C=C(C)\C=C(/C)c2ccccc2)cc1. The van der Waals surface area contributed by atoms with E-state index < -0.39 is 0 Å². The molecule has 3 nitrogen and oxygen atoms in total. The van der Waals surface area contributed by atoms with Gasteiger partial charge >= 0.3 is 0 Å². The molecule has 0 aliphatic heterocycles. The molecule has 24 heavy (non-hydrogen) atoms. The second-order valence-corrected chi connectivity index (χ2v) is 5.83. The summed E-state index contributed by atoms with van der Waals surface area (Å²) in [5.41, 5.74) is 12.3. The van der Waals surface area contributed by atoms with Crippen LogP contribution in [0.1, 0.15) is 31.9 Å². The zero-order chi connectivity index (χ0) is 17.2. The molecule has 0 saturated heterocycles. The molecular weight excluding hydrogens is 294 g/mol. The third-order valence-electron chi connectivity index (χ3n) is 3.72. The minimum atomic E-state index is 0.910. The molecule has 0 atom stereocenters. The molecule has 0 radical (unpaired) electrons. The van der Waals surface area contributed by atoms with E-state index in [-0.39, 0.29) is 0 Å². The first kappa shape index (κ1) is 17.8. The van der Waals surface area contributed by atoms with Gasteiger partial charge < -0.3 is 16.2 Å². The second kappa shape index (κ2) is 9.58. The minimum absolute atomic E-state index is 0.910. The van der Waals surface area contributed by atoms with Crippen molar-refractivity contribution in [2.75, 3.05) is 12.0 Å². The van der Waals surface area contributed by atoms with Crippen LogP contribution in [0.5, 0.6) is 0 Å². The van der Waals surface area contributed by atoms with Gasteiger partial charge in [-0.1, -0.05) is 55.5 Å². The van der Waals surface area contributed by atoms with Crippen LogP contribution in [0.15, 0.2) is 72.4 Å². The summed E-state index contributed by atoms with van der Waals surface area (Å²) in [4.78, 5) is 0. The first-order chi connectivity index (χ1) is 11.7. The molecule has 0 saturated carbocycles. The molecule has 0 bridgehead atoms. The van der Waals surface area contributed by atoms with Crippen LogP contribution in [-0.2, 0) is 6.54 Å². The zero-order valence-electron chi connectivity index (χ0n) is 14.8. The Kier molecular flexibility index (Phi) is 7.12. The van der Waals surface area contributed by atoms with E-state index in [0.717, 1.165) is 24.4 Å². The Morgan fingerprint density at radius 3 is 2.33 bits per heavy atom. The maximum absolute atomic E-state index is 3.32. The molecule has 0 heterocycles. The van der Waals surface area contributed by atoms with Crippen molar-refractivity contribution in [1.29, 1.82) is 0 Å². The van der Waals surface area contributed by atoms with E-state index in [0.29, 0.717) is 0 Å². The predicted molar refractivity (Wildman–Crippen MR) is 104 cm³/mol. The maximum atomic E-state index is 3.32.